The van der Waals surface area contributed by atoms with E-state index >= 15 is 0 Å². The van der Waals surface area contributed by atoms with E-state index in [0.717, 1.165) is 5.57 Å². The lowest BCUT2D eigenvalue weighted by Gasteiger charge is -2.48. The molecule has 2 fully saturated rings. The summed E-state index contributed by atoms with van der Waals surface area (Å²) in [7, 11) is 0. The van der Waals surface area contributed by atoms with Crippen LogP contribution in [0.25, 0.3) is 0 Å². The Morgan fingerprint density at radius 3 is 2.03 bits per heavy atom. The van der Waals surface area contributed by atoms with Gasteiger partial charge in [0.2, 0.25) is 0 Å². The molecular weight excluding hydrogens is 488 g/mol. The Kier molecular flexibility index (Phi) is 10.7. The normalized spacial score (nSPS) is 32.4. The van der Waals surface area contributed by atoms with Gasteiger partial charge in [-0.2, -0.15) is 0 Å². The molecule has 1 aliphatic carbocycles. The van der Waals surface area contributed by atoms with Crippen LogP contribution in [-0.2, 0) is 28.5 Å². The standard InChI is InChI=1S/C30H46O8/c1-11-17(4)16-35-22(15-23-29(8,9)38-23)20(7)21-14-24(36-27(32)18(5)12-2)30(10,34)26(25(21)31)37-28(33)19(6)13-3/h11-13,21-26,31,34H,7,14-16H2,1-6,8-10H3/b17-11-,18-12-,19-13-/t21-,22?,23?,24+,25+,26+,30-/m1/s1. The number of ether oxygens (including phenoxy) is 4. The summed E-state index contributed by atoms with van der Waals surface area (Å²) in [5, 5.41) is 23.0. The molecule has 2 rings (SSSR count). The van der Waals surface area contributed by atoms with Crippen molar-refractivity contribution in [2.24, 2.45) is 5.92 Å². The van der Waals surface area contributed by atoms with Crippen molar-refractivity contribution in [1.29, 1.82) is 0 Å². The molecule has 0 aromatic carbocycles. The molecule has 38 heavy (non-hydrogen) atoms. The van der Waals surface area contributed by atoms with Gasteiger partial charge >= 0.3 is 11.9 Å². The van der Waals surface area contributed by atoms with Gasteiger partial charge in [0, 0.05) is 23.5 Å². The van der Waals surface area contributed by atoms with Gasteiger partial charge in [-0.1, -0.05) is 30.4 Å². The molecule has 7 atom stereocenters. The number of hydrogen-bond donors (Lipinski definition) is 2. The molecule has 214 valence electrons. The zero-order chi connectivity index (χ0) is 29.0. The van der Waals surface area contributed by atoms with E-state index in [9.17, 15) is 19.8 Å². The number of hydrogen-bond acceptors (Lipinski definition) is 8. The summed E-state index contributed by atoms with van der Waals surface area (Å²) < 4.78 is 23.4. The van der Waals surface area contributed by atoms with Crippen LogP contribution in [0.4, 0.5) is 0 Å². The number of aliphatic hydroxyl groups is 2. The lowest BCUT2D eigenvalue weighted by molar-refractivity contribution is -0.229. The van der Waals surface area contributed by atoms with Crippen LogP contribution in [0.15, 0.2) is 47.1 Å². The first-order valence-corrected chi connectivity index (χ1v) is 13.3. The Morgan fingerprint density at radius 1 is 1.03 bits per heavy atom. The van der Waals surface area contributed by atoms with Gasteiger partial charge in [0.15, 0.2) is 6.10 Å². The molecule has 0 radical (unpaired) electrons. The number of rotatable bonds is 11. The Morgan fingerprint density at radius 2 is 1.55 bits per heavy atom. The first-order valence-electron chi connectivity index (χ1n) is 13.3. The molecule has 0 amide bonds. The van der Waals surface area contributed by atoms with Crippen LogP contribution in [0, 0.1) is 5.92 Å². The summed E-state index contributed by atoms with van der Waals surface area (Å²) >= 11 is 0. The number of carbonyl (C=O) groups excluding carboxylic acids is 2. The van der Waals surface area contributed by atoms with Crippen LogP contribution >= 0.6 is 0 Å². The molecule has 1 saturated heterocycles. The fourth-order valence-corrected chi connectivity index (χ4v) is 4.48. The lowest BCUT2D eigenvalue weighted by atomic mass is 9.69. The van der Waals surface area contributed by atoms with E-state index in [1.165, 1.54) is 6.92 Å². The monoisotopic (exact) mass is 534 g/mol. The zero-order valence-electron chi connectivity index (χ0n) is 24.4. The van der Waals surface area contributed by atoms with E-state index in [0.29, 0.717) is 29.7 Å². The molecule has 1 heterocycles. The van der Waals surface area contributed by atoms with Crippen molar-refractivity contribution in [2.45, 2.75) is 117 Å². The predicted molar refractivity (Wildman–Crippen MR) is 145 cm³/mol. The maximum absolute atomic E-state index is 12.7. The van der Waals surface area contributed by atoms with Gasteiger partial charge in [0.25, 0.3) is 0 Å². The van der Waals surface area contributed by atoms with E-state index < -0.39 is 47.9 Å². The fraction of sp³-hybridized carbons (Fsp3) is 0.667. The maximum Gasteiger partial charge on any atom is 0.333 e. The summed E-state index contributed by atoms with van der Waals surface area (Å²) in [6, 6.07) is 0. The van der Waals surface area contributed by atoms with Crippen LogP contribution in [0.2, 0.25) is 0 Å². The minimum Gasteiger partial charge on any atom is -0.456 e. The smallest absolute Gasteiger partial charge is 0.333 e. The van der Waals surface area contributed by atoms with Gasteiger partial charge in [-0.25, -0.2) is 9.59 Å². The Hall–Kier alpha value is -2.26. The van der Waals surface area contributed by atoms with Crippen molar-refractivity contribution >= 4 is 11.9 Å². The first kappa shape index (κ1) is 32.0. The number of epoxide rings is 1. The highest BCUT2D eigenvalue weighted by molar-refractivity contribution is 5.88. The predicted octanol–water partition coefficient (Wildman–Crippen LogP) is 4.35. The summed E-state index contributed by atoms with van der Waals surface area (Å²) in [5.74, 6) is -1.97. The molecule has 2 aliphatic rings. The van der Waals surface area contributed by atoms with Crippen molar-refractivity contribution in [2.75, 3.05) is 6.61 Å². The Labute approximate surface area is 227 Å². The second-order valence-corrected chi connectivity index (χ2v) is 11.2. The summed E-state index contributed by atoms with van der Waals surface area (Å²) in [4.78, 5) is 25.4. The molecule has 8 nitrogen and oxygen atoms in total. The van der Waals surface area contributed by atoms with E-state index in [-0.39, 0.29) is 18.1 Å². The second kappa shape index (κ2) is 12.7. The lowest BCUT2D eigenvalue weighted by Crippen LogP contribution is -2.64. The van der Waals surface area contributed by atoms with Crippen LogP contribution in [0.5, 0.6) is 0 Å². The third-order valence-corrected chi connectivity index (χ3v) is 7.90. The molecule has 0 spiro atoms. The van der Waals surface area contributed by atoms with Crippen molar-refractivity contribution < 1.29 is 38.7 Å². The summed E-state index contributed by atoms with van der Waals surface area (Å²) in [6.45, 7) is 20.6. The Balaban J connectivity index is 2.44. The Bertz CT molecular complexity index is 986. The molecule has 8 heteroatoms. The van der Waals surface area contributed by atoms with Crippen molar-refractivity contribution in [1.82, 2.24) is 0 Å². The van der Waals surface area contributed by atoms with Crippen LogP contribution < -0.4 is 0 Å². The highest BCUT2D eigenvalue weighted by Gasteiger charge is 2.57. The van der Waals surface area contributed by atoms with Gasteiger partial charge in [-0.3, -0.25) is 0 Å². The van der Waals surface area contributed by atoms with Crippen LogP contribution in [0.3, 0.4) is 0 Å². The molecule has 0 bridgehead atoms. The zero-order valence-corrected chi connectivity index (χ0v) is 24.4. The number of aliphatic hydroxyl groups excluding tert-OH is 1. The third kappa shape index (κ3) is 7.44. The molecule has 0 aromatic rings. The quantitative estimate of drug-likeness (QED) is 0.174. The van der Waals surface area contributed by atoms with Gasteiger partial charge in [-0.05, 0) is 74.3 Å². The molecular formula is C30H46O8. The van der Waals surface area contributed by atoms with Gasteiger partial charge in [0.05, 0.1) is 24.4 Å². The SMILES string of the molecule is C=C(C(CC1OC1(C)C)OC/C(C)=C\C)[C@H]1C[C@H](OC(=O)/C(C)=C\C)[C@@](C)(O)[C@@H](OC(=O)/C(C)=C\C)[C@H]1O. The van der Waals surface area contributed by atoms with Crippen molar-refractivity contribution in [3.8, 4) is 0 Å². The molecule has 2 unspecified atom stereocenters. The topological polar surface area (TPSA) is 115 Å². The van der Waals surface area contributed by atoms with Gasteiger partial charge < -0.3 is 29.2 Å². The highest BCUT2D eigenvalue weighted by atomic mass is 16.6. The van der Waals surface area contributed by atoms with E-state index in [4.69, 9.17) is 18.9 Å². The van der Waals surface area contributed by atoms with E-state index in [1.54, 1.807) is 39.8 Å². The number of allylic oxidation sites excluding steroid dienone is 3. The first-order chi connectivity index (χ1) is 17.6. The van der Waals surface area contributed by atoms with Crippen molar-refractivity contribution in [3.63, 3.8) is 0 Å². The third-order valence-electron chi connectivity index (χ3n) is 7.90. The average molecular weight is 535 g/mol. The van der Waals surface area contributed by atoms with Crippen LogP contribution in [0.1, 0.15) is 75.2 Å². The summed E-state index contributed by atoms with van der Waals surface area (Å²) in [5.41, 5.74) is 0.156. The van der Waals surface area contributed by atoms with Crippen molar-refractivity contribution in [3.05, 3.63) is 47.1 Å². The van der Waals surface area contributed by atoms with E-state index in [1.807, 2.05) is 33.8 Å². The summed E-state index contributed by atoms with van der Waals surface area (Å²) in [6.07, 6.45) is 1.45. The fourth-order valence-electron chi connectivity index (χ4n) is 4.48. The largest absolute Gasteiger partial charge is 0.456 e. The van der Waals surface area contributed by atoms with Gasteiger partial charge in [0.1, 0.15) is 17.8 Å². The van der Waals surface area contributed by atoms with E-state index in [2.05, 4.69) is 6.58 Å². The molecule has 2 N–H and O–H groups in total. The number of esters is 2. The minimum atomic E-state index is -1.86. The average Bonchev–Trinajstić information content (AvgIpc) is 3.48. The molecule has 1 aliphatic heterocycles. The molecule has 0 aromatic heterocycles. The second-order valence-electron chi connectivity index (χ2n) is 11.2. The molecule has 1 saturated carbocycles. The highest BCUT2D eigenvalue weighted by Crippen LogP contribution is 2.44. The van der Waals surface area contributed by atoms with Crippen LogP contribution in [-0.4, -0.2) is 70.5 Å². The maximum atomic E-state index is 12.7. The number of carbonyl (C=O) groups is 2. The van der Waals surface area contributed by atoms with Gasteiger partial charge in [-0.15, -0.1) is 0 Å². The minimum absolute atomic E-state index is 0.0454.